The van der Waals surface area contributed by atoms with Crippen molar-refractivity contribution in [2.45, 2.75) is 0 Å². The average Bonchev–Trinajstić information content (AvgIpc) is 2.05. The molecule has 0 saturated carbocycles. The molecule has 12 heavy (non-hydrogen) atoms. The lowest BCUT2D eigenvalue weighted by atomic mass is 10.2. The molecule has 0 unspecified atom stereocenters. The molecule has 0 radical (unpaired) electrons. The Morgan fingerprint density at radius 2 is 1.92 bits per heavy atom. The van der Waals surface area contributed by atoms with E-state index in [9.17, 15) is 0 Å². The number of pyridine rings is 2. The van der Waals surface area contributed by atoms with E-state index in [1.54, 1.807) is 18.3 Å². The fourth-order valence-electron chi connectivity index (χ4n) is 1.06. The molecular formula is C8H8N4. The maximum absolute atomic E-state index is 5.49. The molecule has 2 aromatic rings. The van der Waals surface area contributed by atoms with E-state index in [4.69, 9.17) is 11.5 Å². The molecule has 0 aromatic carbocycles. The van der Waals surface area contributed by atoms with Crippen LogP contribution in [0.5, 0.6) is 0 Å². The Bertz CT molecular complexity index is 383. The lowest BCUT2D eigenvalue weighted by molar-refractivity contribution is 1.32. The van der Waals surface area contributed by atoms with Gasteiger partial charge in [-0.05, 0) is 18.2 Å². The molecule has 0 spiro atoms. The Balaban J connectivity index is 2.79. The Hall–Kier alpha value is -1.84. The largest absolute Gasteiger partial charge is 0.384 e. The first-order valence-electron chi connectivity index (χ1n) is 3.53. The summed E-state index contributed by atoms with van der Waals surface area (Å²) in [6.07, 6.45) is 1.61. The molecule has 60 valence electrons. The standard InChI is InChI=1S/C8H8N4/c9-7-2-1-5-3-8(10)11-4-6(5)12-7/h1-4H,(H2,9,12)(H2,10,11). The lowest BCUT2D eigenvalue weighted by Crippen LogP contribution is -1.93. The predicted octanol–water partition coefficient (Wildman–Crippen LogP) is 0.794. The topological polar surface area (TPSA) is 77.8 Å². The molecule has 0 aliphatic carbocycles. The van der Waals surface area contributed by atoms with Gasteiger partial charge in [0.05, 0.1) is 11.7 Å². The van der Waals surface area contributed by atoms with Crippen molar-refractivity contribution in [1.82, 2.24) is 9.97 Å². The smallest absolute Gasteiger partial charge is 0.124 e. The number of hydrogen-bond acceptors (Lipinski definition) is 4. The Morgan fingerprint density at radius 1 is 1.08 bits per heavy atom. The highest BCUT2D eigenvalue weighted by molar-refractivity contribution is 5.81. The van der Waals surface area contributed by atoms with Gasteiger partial charge in [-0.3, -0.25) is 0 Å². The Morgan fingerprint density at radius 3 is 2.75 bits per heavy atom. The van der Waals surface area contributed by atoms with Crippen molar-refractivity contribution in [2.75, 3.05) is 11.5 Å². The van der Waals surface area contributed by atoms with E-state index in [0.717, 1.165) is 10.9 Å². The van der Waals surface area contributed by atoms with Crippen molar-refractivity contribution in [2.24, 2.45) is 0 Å². The molecule has 0 aliphatic rings. The summed E-state index contributed by atoms with van der Waals surface area (Å²) in [6.45, 7) is 0. The highest BCUT2D eigenvalue weighted by Crippen LogP contribution is 2.13. The average molecular weight is 160 g/mol. The summed E-state index contributed by atoms with van der Waals surface area (Å²) in [5, 5.41) is 0.955. The van der Waals surface area contributed by atoms with E-state index in [1.807, 2.05) is 6.07 Å². The molecule has 2 aromatic heterocycles. The fraction of sp³-hybridized carbons (Fsp3) is 0. The summed E-state index contributed by atoms with van der Waals surface area (Å²) in [5.41, 5.74) is 11.8. The first-order valence-corrected chi connectivity index (χ1v) is 3.53. The van der Waals surface area contributed by atoms with Crippen LogP contribution in [0.2, 0.25) is 0 Å². The fourth-order valence-corrected chi connectivity index (χ4v) is 1.06. The molecule has 0 saturated heterocycles. The van der Waals surface area contributed by atoms with Crippen molar-refractivity contribution < 1.29 is 0 Å². The quantitative estimate of drug-likeness (QED) is 0.597. The van der Waals surface area contributed by atoms with Gasteiger partial charge in [0.2, 0.25) is 0 Å². The van der Waals surface area contributed by atoms with Crippen LogP contribution >= 0.6 is 0 Å². The predicted molar refractivity (Wildman–Crippen MR) is 48.4 cm³/mol. The van der Waals surface area contributed by atoms with Crippen LogP contribution in [0.25, 0.3) is 10.9 Å². The molecule has 4 nitrogen and oxygen atoms in total. The number of fused-ring (bicyclic) bond motifs is 1. The number of nitrogen functional groups attached to an aromatic ring is 2. The van der Waals surface area contributed by atoms with Crippen LogP contribution in [0.3, 0.4) is 0 Å². The van der Waals surface area contributed by atoms with E-state index in [-0.39, 0.29) is 0 Å². The van der Waals surface area contributed by atoms with Crippen molar-refractivity contribution in [1.29, 1.82) is 0 Å². The third kappa shape index (κ3) is 1.03. The number of nitrogens with two attached hydrogens (primary N) is 2. The van der Waals surface area contributed by atoms with E-state index in [1.165, 1.54) is 0 Å². The number of rotatable bonds is 0. The van der Waals surface area contributed by atoms with Crippen molar-refractivity contribution in [3.05, 3.63) is 24.4 Å². The monoisotopic (exact) mass is 160 g/mol. The van der Waals surface area contributed by atoms with Crippen molar-refractivity contribution >= 4 is 22.5 Å². The van der Waals surface area contributed by atoms with Gasteiger partial charge in [0.1, 0.15) is 11.6 Å². The first kappa shape index (κ1) is 6.84. The minimum absolute atomic E-state index is 0.495. The van der Waals surface area contributed by atoms with Gasteiger partial charge in [0, 0.05) is 5.39 Å². The molecule has 0 aliphatic heterocycles. The number of nitrogens with zero attached hydrogens (tertiary/aromatic N) is 2. The second kappa shape index (κ2) is 2.34. The zero-order valence-corrected chi connectivity index (χ0v) is 6.36. The SMILES string of the molecule is Nc1cc2ccc(N)nc2cn1. The van der Waals surface area contributed by atoms with Gasteiger partial charge >= 0.3 is 0 Å². The van der Waals surface area contributed by atoms with Crippen LogP contribution < -0.4 is 11.5 Å². The molecule has 0 atom stereocenters. The molecular weight excluding hydrogens is 152 g/mol. The van der Waals surface area contributed by atoms with E-state index in [2.05, 4.69) is 9.97 Å². The maximum atomic E-state index is 5.49. The van der Waals surface area contributed by atoms with Crippen LogP contribution in [0.4, 0.5) is 11.6 Å². The number of aromatic nitrogens is 2. The lowest BCUT2D eigenvalue weighted by Gasteiger charge is -1.98. The molecule has 2 rings (SSSR count). The molecule has 2 heterocycles. The summed E-state index contributed by atoms with van der Waals surface area (Å²) in [6, 6.07) is 5.37. The normalized spacial score (nSPS) is 10.3. The summed E-state index contributed by atoms with van der Waals surface area (Å²) >= 11 is 0. The van der Waals surface area contributed by atoms with Gasteiger partial charge in [0.15, 0.2) is 0 Å². The van der Waals surface area contributed by atoms with Crippen LogP contribution in [-0.2, 0) is 0 Å². The molecule has 0 bridgehead atoms. The van der Waals surface area contributed by atoms with E-state index in [0.29, 0.717) is 11.6 Å². The molecule has 4 heteroatoms. The van der Waals surface area contributed by atoms with Gasteiger partial charge < -0.3 is 11.5 Å². The van der Waals surface area contributed by atoms with E-state index >= 15 is 0 Å². The number of hydrogen-bond donors (Lipinski definition) is 2. The summed E-state index contributed by atoms with van der Waals surface area (Å²) in [5.74, 6) is 0.989. The highest BCUT2D eigenvalue weighted by atomic mass is 14.9. The van der Waals surface area contributed by atoms with Gasteiger partial charge in [-0.1, -0.05) is 0 Å². The second-order valence-electron chi connectivity index (χ2n) is 2.54. The van der Waals surface area contributed by atoms with Gasteiger partial charge in [-0.25, -0.2) is 9.97 Å². The van der Waals surface area contributed by atoms with Crippen LogP contribution in [0, 0.1) is 0 Å². The minimum Gasteiger partial charge on any atom is -0.384 e. The third-order valence-corrected chi connectivity index (χ3v) is 1.62. The van der Waals surface area contributed by atoms with Crippen LogP contribution in [0.15, 0.2) is 24.4 Å². The van der Waals surface area contributed by atoms with E-state index < -0.39 is 0 Å². The first-order chi connectivity index (χ1) is 5.75. The third-order valence-electron chi connectivity index (χ3n) is 1.62. The van der Waals surface area contributed by atoms with Gasteiger partial charge in [-0.2, -0.15) is 0 Å². The molecule has 0 fully saturated rings. The van der Waals surface area contributed by atoms with Crippen molar-refractivity contribution in [3.63, 3.8) is 0 Å². The Kier molecular flexibility index (Phi) is 1.33. The van der Waals surface area contributed by atoms with Gasteiger partial charge in [0.25, 0.3) is 0 Å². The molecule has 0 amide bonds. The summed E-state index contributed by atoms with van der Waals surface area (Å²) in [4.78, 5) is 7.98. The van der Waals surface area contributed by atoms with Crippen LogP contribution in [0.1, 0.15) is 0 Å². The maximum Gasteiger partial charge on any atom is 0.124 e. The zero-order chi connectivity index (χ0) is 8.55. The number of anilines is 2. The van der Waals surface area contributed by atoms with Crippen molar-refractivity contribution in [3.8, 4) is 0 Å². The zero-order valence-electron chi connectivity index (χ0n) is 6.36. The van der Waals surface area contributed by atoms with Gasteiger partial charge in [-0.15, -0.1) is 0 Å². The Labute approximate surface area is 69.2 Å². The van der Waals surface area contributed by atoms with Crippen LogP contribution in [-0.4, -0.2) is 9.97 Å². The second-order valence-corrected chi connectivity index (χ2v) is 2.54. The minimum atomic E-state index is 0.495. The summed E-state index contributed by atoms with van der Waals surface area (Å²) in [7, 11) is 0. The molecule has 4 N–H and O–H groups in total. The summed E-state index contributed by atoms with van der Waals surface area (Å²) < 4.78 is 0. The highest BCUT2D eigenvalue weighted by Gasteiger charge is 1.95.